The second-order valence-electron chi connectivity index (χ2n) is 3.12. The van der Waals surface area contributed by atoms with Crippen LogP contribution in [-0.4, -0.2) is 30.8 Å². The van der Waals surface area contributed by atoms with Crippen molar-refractivity contribution in [1.29, 1.82) is 0 Å². The highest BCUT2D eigenvalue weighted by atomic mass is 16.5. The minimum atomic E-state index is -0.482. The Kier molecular flexibility index (Phi) is 4.63. The lowest BCUT2D eigenvalue weighted by molar-refractivity contribution is -0.123. The molecule has 0 aromatic heterocycles. The lowest BCUT2D eigenvalue weighted by Crippen LogP contribution is -2.30. The molecule has 0 unspecified atom stereocenters. The summed E-state index contributed by atoms with van der Waals surface area (Å²) in [5.74, 6) is 0.430. The maximum absolute atomic E-state index is 10.7. The van der Waals surface area contributed by atoms with Crippen LogP contribution >= 0.6 is 0 Å². The summed E-state index contributed by atoms with van der Waals surface area (Å²) >= 11 is 0. The molecule has 0 fully saturated rings. The molecule has 0 bridgehead atoms. The smallest absolute Gasteiger partial charge is 0.245 e. The maximum atomic E-state index is 10.7. The van der Waals surface area contributed by atoms with E-state index in [0.29, 0.717) is 13.2 Å². The molecule has 0 saturated carbocycles. The van der Waals surface area contributed by atoms with E-state index in [-0.39, 0.29) is 5.91 Å². The van der Waals surface area contributed by atoms with Crippen LogP contribution in [0, 0.1) is 6.92 Å². The number of nitrogens with one attached hydrogen (secondary N) is 1. The van der Waals surface area contributed by atoms with Gasteiger partial charge in [0.1, 0.15) is 19.0 Å². The van der Waals surface area contributed by atoms with Crippen LogP contribution in [0.15, 0.2) is 24.3 Å². The topological polar surface area (TPSA) is 58.6 Å². The van der Waals surface area contributed by atoms with Crippen LogP contribution in [0.2, 0.25) is 0 Å². The summed E-state index contributed by atoms with van der Waals surface area (Å²) in [4.78, 5) is 10.7. The molecule has 0 radical (unpaired) electrons. The SMILES string of the molecule is Cc1ccccc1OCCNC(=O)CO. The molecule has 4 nitrogen and oxygen atoms in total. The molecule has 4 heteroatoms. The first-order chi connectivity index (χ1) is 7.24. The number of benzene rings is 1. The minimum absolute atomic E-state index is 0.386. The molecular formula is C11H15NO3. The molecular weight excluding hydrogens is 194 g/mol. The zero-order chi connectivity index (χ0) is 11.1. The summed E-state index contributed by atoms with van der Waals surface area (Å²) in [6.45, 7) is 2.27. The molecule has 1 aromatic rings. The Morgan fingerprint density at radius 2 is 2.20 bits per heavy atom. The van der Waals surface area contributed by atoms with E-state index in [2.05, 4.69) is 5.32 Å². The number of hydrogen-bond acceptors (Lipinski definition) is 3. The standard InChI is InChI=1S/C11H15NO3/c1-9-4-2-3-5-10(9)15-7-6-12-11(14)8-13/h2-5,13H,6-8H2,1H3,(H,12,14). The van der Waals surface area contributed by atoms with Crippen molar-refractivity contribution in [2.45, 2.75) is 6.92 Å². The van der Waals surface area contributed by atoms with Crippen molar-refractivity contribution < 1.29 is 14.6 Å². The third kappa shape index (κ3) is 3.99. The molecule has 1 rings (SSSR count). The van der Waals surface area contributed by atoms with Crippen molar-refractivity contribution in [1.82, 2.24) is 5.32 Å². The predicted molar refractivity (Wildman–Crippen MR) is 56.8 cm³/mol. The van der Waals surface area contributed by atoms with E-state index in [0.717, 1.165) is 11.3 Å². The van der Waals surface area contributed by atoms with Crippen LogP contribution in [0.4, 0.5) is 0 Å². The van der Waals surface area contributed by atoms with Crippen LogP contribution in [-0.2, 0) is 4.79 Å². The lowest BCUT2D eigenvalue weighted by atomic mass is 10.2. The fourth-order valence-electron chi connectivity index (χ4n) is 1.13. The van der Waals surface area contributed by atoms with E-state index in [1.807, 2.05) is 31.2 Å². The van der Waals surface area contributed by atoms with E-state index in [1.165, 1.54) is 0 Å². The van der Waals surface area contributed by atoms with E-state index in [4.69, 9.17) is 9.84 Å². The van der Waals surface area contributed by atoms with Crippen LogP contribution in [0.25, 0.3) is 0 Å². The largest absolute Gasteiger partial charge is 0.491 e. The number of para-hydroxylation sites is 1. The molecule has 82 valence electrons. The van der Waals surface area contributed by atoms with Gasteiger partial charge >= 0.3 is 0 Å². The van der Waals surface area contributed by atoms with Gasteiger partial charge in [0.25, 0.3) is 0 Å². The van der Waals surface area contributed by atoms with Gasteiger partial charge in [-0.05, 0) is 18.6 Å². The number of amides is 1. The summed E-state index contributed by atoms with van der Waals surface area (Å²) in [5.41, 5.74) is 1.06. The van der Waals surface area contributed by atoms with Crippen LogP contribution < -0.4 is 10.1 Å². The fraction of sp³-hybridized carbons (Fsp3) is 0.364. The predicted octanol–water partition coefficient (Wildman–Crippen LogP) is 0.482. The summed E-state index contributed by atoms with van der Waals surface area (Å²) in [7, 11) is 0. The van der Waals surface area contributed by atoms with Gasteiger partial charge in [0.2, 0.25) is 5.91 Å². The molecule has 0 spiro atoms. The Morgan fingerprint density at radius 1 is 1.47 bits per heavy atom. The van der Waals surface area contributed by atoms with Gasteiger partial charge in [-0.1, -0.05) is 18.2 Å². The first-order valence-corrected chi connectivity index (χ1v) is 4.80. The van der Waals surface area contributed by atoms with Crippen molar-refractivity contribution in [2.75, 3.05) is 19.8 Å². The monoisotopic (exact) mass is 209 g/mol. The molecule has 0 saturated heterocycles. The van der Waals surface area contributed by atoms with Crippen molar-refractivity contribution in [3.8, 4) is 5.75 Å². The van der Waals surface area contributed by atoms with E-state index in [1.54, 1.807) is 0 Å². The summed E-state index contributed by atoms with van der Waals surface area (Å²) in [6, 6.07) is 7.68. The van der Waals surface area contributed by atoms with Gasteiger partial charge < -0.3 is 15.2 Å². The van der Waals surface area contributed by atoms with Gasteiger partial charge in [-0.25, -0.2) is 0 Å². The molecule has 2 N–H and O–H groups in total. The molecule has 1 aromatic carbocycles. The maximum Gasteiger partial charge on any atom is 0.245 e. The van der Waals surface area contributed by atoms with Gasteiger partial charge in [-0.15, -0.1) is 0 Å². The number of ether oxygens (including phenoxy) is 1. The highest BCUT2D eigenvalue weighted by Crippen LogP contribution is 2.15. The summed E-state index contributed by atoms with van der Waals surface area (Å²) < 4.78 is 5.44. The van der Waals surface area contributed by atoms with E-state index >= 15 is 0 Å². The highest BCUT2D eigenvalue weighted by Gasteiger charge is 1.99. The summed E-state index contributed by atoms with van der Waals surface area (Å²) in [5, 5.41) is 11.0. The van der Waals surface area contributed by atoms with E-state index in [9.17, 15) is 4.79 Å². The number of aliphatic hydroxyl groups excluding tert-OH is 1. The van der Waals surface area contributed by atoms with E-state index < -0.39 is 6.61 Å². The Hall–Kier alpha value is -1.55. The number of rotatable bonds is 5. The highest BCUT2D eigenvalue weighted by molar-refractivity contribution is 5.76. The fourth-order valence-corrected chi connectivity index (χ4v) is 1.13. The average Bonchev–Trinajstić information content (AvgIpc) is 2.26. The molecule has 0 aliphatic heterocycles. The van der Waals surface area contributed by atoms with Gasteiger partial charge in [-0.3, -0.25) is 4.79 Å². The zero-order valence-electron chi connectivity index (χ0n) is 8.69. The molecule has 0 heterocycles. The van der Waals surface area contributed by atoms with Crippen LogP contribution in [0.5, 0.6) is 5.75 Å². The second kappa shape index (κ2) is 6.03. The molecule has 0 atom stereocenters. The van der Waals surface area contributed by atoms with Crippen molar-refractivity contribution in [2.24, 2.45) is 0 Å². The second-order valence-corrected chi connectivity index (χ2v) is 3.12. The number of aryl methyl sites for hydroxylation is 1. The van der Waals surface area contributed by atoms with Crippen LogP contribution in [0.1, 0.15) is 5.56 Å². The number of carbonyl (C=O) groups excluding carboxylic acids is 1. The summed E-state index contributed by atoms with van der Waals surface area (Å²) in [6.07, 6.45) is 0. The van der Waals surface area contributed by atoms with Gasteiger partial charge in [-0.2, -0.15) is 0 Å². The Balaban J connectivity index is 2.26. The Morgan fingerprint density at radius 3 is 2.87 bits per heavy atom. The first kappa shape index (κ1) is 11.5. The number of aliphatic hydroxyl groups is 1. The van der Waals surface area contributed by atoms with Gasteiger partial charge in [0.05, 0.1) is 6.54 Å². The third-order valence-electron chi connectivity index (χ3n) is 1.92. The molecule has 0 aliphatic carbocycles. The average molecular weight is 209 g/mol. The first-order valence-electron chi connectivity index (χ1n) is 4.80. The quantitative estimate of drug-likeness (QED) is 0.693. The third-order valence-corrected chi connectivity index (χ3v) is 1.92. The van der Waals surface area contributed by atoms with Crippen molar-refractivity contribution >= 4 is 5.91 Å². The van der Waals surface area contributed by atoms with Gasteiger partial charge in [0, 0.05) is 0 Å². The molecule has 1 amide bonds. The Labute approximate surface area is 88.9 Å². The molecule has 0 aliphatic rings. The lowest BCUT2D eigenvalue weighted by Gasteiger charge is -2.08. The zero-order valence-corrected chi connectivity index (χ0v) is 8.69. The van der Waals surface area contributed by atoms with Gasteiger partial charge in [0.15, 0.2) is 0 Å². The number of carbonyl (C=O) groups is 1. The van der Waals surface area contributed by atoms with Crippen LogP contribution in [0.3, 0.4) is 0 Å². The Bertz CT molecular complexity index is 325. The normalized spacial score (nSPS) is 9.73. The molecule has 15 heavy (non-hydrogen) atoms. The minimum Gasteiger partial charge on any atom is -0.491 e. The van der Waals surface area contributed by atoms with Crippen molar-refractivity contribution in [3.05, 3.63) is 29.8 Å². The number of hydrogen-bond donors (Lipinski definition) is 2. The van der Waals surface area contributed by atoms with Crippen molar-refractivity contribution in [3.63, 3.8) is 0 Å².